The van der Waals surface area contributed by atoms with Crippen molar-refractivity contribution in [3.8, 4) is 5.75 Å². The number of hydrogen-bond acceptors (Lipinski definition) is 3. The van der Waals surface area contributed by atoms with Crippen LogP contribution in [0.4, 0.5) is 0 Å². The lowest BCUT2D eigenvalue weighted by Crippen LogP contribution is -2.22. The Morgan fingerprint density at radius 2 is 2.17 bits per heavy atom. The molecule has 1 aromatic rings. The second-order valence-corrected chi connectivity index (χ2v) is 5.52. The largest absolute Gasteiger partial charge is 0.490 e. The van der Waals surface area contributed by atoms with Crippen LogP contribution in [-0.2, 0) is 0 Å². The summed E-state index contributed by atoms with van der Waals surface area (Å²) in [4.78, 5) is 0. The lowest BCUT2D eigenvalue weighted by atomic mass is 10.0. The zero-order valence-electron chi connectivity index (χ0n) is 10.5. The van der Waals surface area contributed by atoms with Gasteiger partial charge in [-0.1, -0.05) is 22.9 Å². The molecule has 1 aromatic carbocycles. The van der Waals surface area contributed by atoms with E-state index >= 15 is 0 Å². The minimum absolute atomic E-state index is 0.236. The fraction of sp³-hybridized carbons (Fsp3) is 0.429. The van der Waals surface area contributed by atoms with Crippen LogP contribution in [0.3, 0.4) is 0 Å². The molecule has 0 bridgehead atoms. The van der Waals surface area contributed by atoms with Gasteiger partial charge in [0.2, 0.25) is 0 Å². The molecular formula is C14H19BrN2O. The summed E-state index contributed by atoms with van der Waals surface area (Å²) in [6.45, 7) is 3.07. The van der Waals surface area contributed by atoms with E-state index in [2.05, 4.69) is 34.2 Å². The summed E-state index contributed by atoms with van der Waals surface area (Å²) in [5.74, 6) is 2.19. The predicted molar refractivity (Wildman–Crippen MR) is 77.2 cm³/mol. The van der Waals surface area contributed by atoms with Gasteiger partial charge in [0.25, 0.3) is 0 Å². The highest BCUT2D eigenvalue weighted by atomic mass is 79.9. The summed E-state index contributed by atoms with van der Waals surface area (Å²) in [6, 6.07) is 7.97. The van der Waals surface area contributed by atoms with Crippen molar-refractivity contribution >= 4 is 15.9 Å². The minimum atomic E-state index is 0.236. The molecule has 0 unspecified atom stereocenters. The minimum Gasteiger partial charge on any atom is -0.490 e. The smallest absolute Gasteiger partial charge is 0.119 e. The highest BCUT2D eigenvalue weighted by Crippen LogP contribution is 2.22. The molecule has 0 aliphatic carbocycles. The maximum absolute atomic E-state index is 6.00. The predicted octanol–water partition coefficient (Wildman–Crippen LogP) is 3.02. The normalized spacial score (nSPS) is 20.1. The molecule has 0 amide bonds. The van der Waals surface area contributed by atoms with Crippen LogP contribution in [0.1, 0.15) is 19.8 Å². The molecule has 0 spiro atoms. The molecule has 0 fully saturated rings. The van der Waals surface area contributed by atoms with Crippen LogP contribution in [0.25, 0.3) is 0 Å². The summed E-state index contributed by atoms with van der Waals surface area (Å²) in [7, 11) is 0. The van der Waals surface area contributed by atoms with Crippen LogP contribution in [0.15, 0.2) is 40.6 Å². The van der Waals surface area contributed by atoms with Crippen LogP contribution in [0.5, 0.6) is 5.75 Å². The number of nitrogens with one attached hydrogen (secondary N) is 1. The molecule has 3 nitrogen and oxygen atoms in total. The Labute approximate surface area is 117 Å². The molecule has 4 heteroatoms. The topological polar surface area (TPSA) is 47.3 Å². The molecule has 3 N–H and O–H groups in total. The van der Waals surface area contributed by atoms with Gasteiger partial charge in [-0.25, -0.2) is 0 Å². The van der Waals surface area contributed by atoms with Crippen LogP contribution >= 0.6 is 15.9 Å². The number of halogens is 1. The Kier molecular flexibility index (Phi) is 4.53. The Bertz CT molecular complexity index is 416. The number of hydrogen-bond donors (Lipinski definition) is 2. The summed E-state index contributed by atoms with van der Waals surface area (Å²) >= 11 is 3.42. The van der Waals surface area contributed by atoms with Gasteiger partial charge in [-0.15, -0.1) is 0 Å². The SMILES string of the molecule is CC[C@@H](C[C@H]1C=C(N)NC1)Oc1ccc(Br)cc1. The summed E-state index contributed by atoms with van der Waals surface area (Å²) in [6.07, 6.45) is 4.33. The first-order valence-electron chi connectivity index (χ1n) is 6.30. The second kappa shape index (κ2) is 6.14. The molecule has 18 heavy (non-hydrogen) atoms. The van der Waals surface area contributed by atoms with E-state index in [4.69, 9.17) is 10.5 Å². The van der Waals surface area contributed by atoms with Crippen molar-refractivity contribution < 1.29 is 4.74 Å². The van der Waals surface area contributed by atoms with Gasteiger partial charge in [0, 0.05) is 16.9 Å². The van der Waals surface area contributed by atoms with Crippen LogP contribution in [0.2, 0.25) is 0 Å². The molecule has 1 aliphatic rings. The first kappa shape index (κ1) is 13.3. The maximum atomic E-state index is 6.00. The first-order chi connectivity index (χ1) is 8.67. The lowest BCUT2D eigenvalue weighted by molar-refractivity contribution is 0.173. The molecule has 1 aliphatic heterocycles. The van der Waals surface area contributed by atoms with Gasteiger partial charge >= 0.3 is 0 Å². The number of benzene rings is 1. The van der Waals surface area contributed by atoms with Gasteiger partial charge in [0.1, 0.15) is 5.75 Å². The zero-order valence-corrected chi connectivity index (χ0v) is 12.1. The highest BCUT2D eigenvalue weighted by Gasteiger charge is 2.19. The molecule has 2 rings (SSSR count). The van der Waals surface area contributed by atoms with E-state index in [-0.39, 0.29) is 6.10 Å². The number of ether oxygens (including phenoxy) is 1. The molecular weight excluding hydrogens is 292 g/mol. The number of rotatable bonds is 5. The Balaban J connectivity index is 1.91. The Morgan fingerprint density at radius 3 is 2.72 bits per heavy atom. The van der Waals surface area contributed by atoms with Crippen LogP contribution in [-0.4, -0.2) is 12.6 Å². The van der Waals surface area contributed by atoms with E-state index in [1.54, 1.807) is 0 Å². The van der Waals surface area contributed by atoms with Gasteiger partial charge in [0.15, 0.2) is 0 Å². The third-order valence-corrected chi connectivity index (χ3v) is 3.65. The van der Waals surface area contributed by atoms with Crippen molar-refractivity contribution in [3.05, 3.63) is 40.6 Å². The van der Waals surface area contributed by atoms with Crippen molar-refractivity contribution in [2.45, 2.75) is 25.9 Å². The van der Waals surface area contributed by atoms with Crippen molar-refractivity contribution in [1.29, 1.82) is 0 Å². The summed E-state index contributed by atoms with van der Waals surface area (Å²) in [5.41, 5.74) is 5.72. The average molecular weight is 311 g/mol. The Morgan fingerprint density at radius 1 is 1.44 bits per heavy atom. The van der Waals surface area contributed by atoms with Crippen molar-refractivity contribution in [3.63, 3.8) is 0 Å². The second-order valence-electron chi connectivity index (χ2n) is 4.60. The van der Waals surface area contributed by atoms with Crippen molar-refractivity contribution in [2.24, 2.45) is 11.7 Å². The molecule has 1 heterocycles. The molecule has 0 aromatic heterocycles. The summed E-state index contributed by atoms with van der Waals surface area (Å²) in [5, 5.41) is 3.15. The first-order valence-corrected chi connectivity index (χ1v) is 7.10. The summed E-state index contributed by atoms with van der Waals surface area (Å²) < 4.78 is 7.07. The molecule has 0 saturated heterocycles. The average Bonchev–Trinajstić information content (AvgIpc) is 2.77. The highest BCUT2D eigenvalue weighted by molar-refractivity contribution is 9.10. The molecule has 2 atom stereocenters. The van der Waals surface area contributed by atoms with Crippen LogP contribution < -0.4 is 15.8 Å². The van der Waals surface area contributed by atoms with Crippen molar-refractivity contribution in [2.75, 3.05) is 6.54 Å². The monoisotopic (exact) mass is 310 g/mol. The van der Waals surface area contributed by atoms with E-state index < -0.39 is 0 Å². The quantitative estimate of drug-likeness (QED) is 0.879. The third-order valence-electron chi connectivity index (χ3n) is 3.12. The van der Waals surface area contributed by atoms with Crippen LogP contribution in [0, 0.1) is 5.92 Å². The molecule has 0 saturated carbocycles. The molecule has 98 valence electrons. The van der Waals surface area contributed by atoms with Gasteiger partial charge in [0.05, 0.1) is 11.9 Å². The fourth-order valence-electron chi connectivity index (χ4n) is 2.11. The van der Waals surface area contributed by atoms with E-state index in [0.29, 0.717) is 5.92 Å². The van der Waals surface area contributed by atoms with E-state index in [0.717, 1.165) is 35.4 Å². The zero-order chi connectivity index (χ0) is 13.0. The van der Waals surface area contributed by atoms with E-state index in [1.165, 1.54) is 0 Å². The third kappa shape index (κ3) is 3.67. The maximum Gasteiger partial charge on any atom is 0.119 e. The van der Waals surface area contributed by atoms with Crippen molar-refractivity contribution in [1.82, 2.24) is 5.32 Å². The van der Waals surface area contributed by atoms with E-state index in [1.807, 2.05) is 24.3 Å². The van der Waals surface area contributed by atoms with E-state index in [9.17, 15) is 0 Å². The number of nitrogens with two attached hydrogens (primary N) is 1. The van der Waals surface area contributed by atoms with Gasteiger partial charge < -0.3 is 15.8 Å². The Hall–Kier alpha value is -1.16. The van der Waals surface area contributed by atoms with Gasteiger partial charge in [-0.3, -0.25) is 0 Å². The molecule has 0 radical (unpaired) electrons. The lowest BCUT2D eigenvalue weighted by Gasteiger charge is -2.20. The van der Waals surface area contributed by atoms with Gasteiger partial charge in [-0.2, -0.15) is 0 Å². The van der Waals surface area contributed by atoms with Gasteiger partial charge in [-0.05, 0) is 43.2 Å². The fourth-order valence-corrected chi connectivity index (χ4v) is 2.38. The standard InChI is InChI=1S/C14H19BrN2O/c1-2-12(7-10-8-14(16)17-9-10)18-13-5-3-11(15)4-6-13/h3-6,8,10,12,17H,2,7,9,16H2,1H3/t10-,12-/m0/s1.